The summed E-state index contributed by atoms with van der Waals surface area (Å²) >= 11 is 0. The lowest BCUT2D eigenvalue weighted by atomic mass is 9.87. The Bertz CT molecular complexity index is 587. The molecule has 6 nitrogen and oxygen atoms in total. The second-order valence-electron chi connectivity index (χ2n) is 4.66. The molecule has 1 aliphatic heterocycles. The van der Waals surface area contributed by atoms with Gasteiger partial charge in [0.2, 0.25) is 0 Å². The molecule has 1 aromatic carbocycles. The highest BCUT2D eigenvalue weighted by molar-refractivity contribution is 6.09. The SMILES string of the molecule is CCC1(c2ccc(F)cc2)NC(=O)N(CC(=O)OC)C1=O. The number of amides is 3. The van der Waals surface area contributed by atoms with E-state index < -0.39 is 35.8 Å². The number of benzene rings is 1. The lowest BCUT2D eigenvalue weighted by Gasteiger charge is -2.25. The minimum atomic E-state index is -1.28. The summed E-state index contributed by atoms with van der Waals surface area (Å²) in [4.78, 5) is 36.6. The van der Waals surface area contributed by atoms with Crippen molar-refractivity contribution < 1.29 is 23.5 Å². The Balaban J connectivity index is 2.37. The highest BCUT2D eigenvalue weighted by Crippen LogP contribution is 2.32. The predicted molar refractivity (Wildman–Crippen MR) is 70.6 cm³/mol. The van der Waals surface area contributed by atoms with Crippen LogP contribution in [-0.2, 0) is 19.9 Å². The third-order valence-electron chi connectivity index (χ3n) is 3.56. The molecule has 1 aliphatic rings. The van der Waals surface area contributed by atoms with Crippen molar-refractivity contribution in [2.75, 3.05) is 13.7 Å². The number of rotatable bonds is 4. The molecule has 2 rings (SSSR count). The number of methoxy groups -OCH3 is 1. The van der Waals surface area contributed by atoms with E-state index in [1.54, 1.807) is 6.92 Å². The molecule has 0 radical (unpaired) electrons. The molecule has 1 N–H and O–H groups in total. The van der Waals surface area contributed by atoms with Crippen LogP contribution in [0, 0.1) is 5.82 Å². The van der Waals surface area contributed by atoms with Crippen molar-refractivity contribution in [2.24, 2.45) is 0 Å². The van der Waals surface area contributed by atoms with Gasteiger partial charge in [-0.1, -0.05) is 19.1 Å². The molecule has 1 heterocycles. The van der Waals surface area contributed by atoms with E-state index in [2.05, 4.69) is 10.1 Å². The lowest BCUT2D eigenvalue weighted by Crippen LogP contribution is -2.44. The van der Waals surface area contributed by atoms with Crippen molar-refractivity contribution in [1.82, 2.24) is 10.2 Å². The standard InChI is InChI=1S/C14H15FN2O4/c1-3-14(9-4-6-10(15)7-5-9)12(19)17(13(20)16-14)8-11(18)21-2/h4-7H,3,8H2,1-2H3,(H,16,20). The number of carbonyl (C=O) groups is 3. The van der Waals surface area contributed by atoms with Crippen LogP contribution in [0.5, 0.6) is 0 Å². The van der Waals surface area contributed by atoms with Crippen LogP contribution in [0.2, 0.25) is 0 Å². The molecule has 1 atom stereocenters. The summed E-state index contributed by atoms with van der Waals surface area (Å²) in [6, 6.07) is 4.65. The average molecular weight is 294 g/mol. The predicted octanol–water partition coefficient (Wildman–Crippen LogP) is 1.16. The first-order valence-electron chi connectivity index (χ1n) is 6.41. The summed E-state index contributed by atoms with van der Waals surface area (Å²) in [7, 11) is 1.17. The fraction of sp³-hybridized carbons (Fsp3) is 0.357. The quantitative estimate of drug-likeness (QED) is 0.668. The van der Waals surface area contributed by atoms with Crippen LogP contribution in [0.25, 0.3) is 0 Å². The molecule has 0 aromatic heterocycles. The molecule has 21 heavy (non-hydrogen) atoms. The maximum absolute atomic E-state index is 13.0. The zero-order valence-corrected chi connectivity index (χ0v) is 11.7. The van der Waals surface area contributed by atoms with E-state index >= 15 is 0 Å². The second kappa shape index (κ2) is 5.51. The van der Waals surface area contributed by atoms with Gasteiger partial charge in [-0.15, -0.1) is 0 Å². The Morgan fingerprint density at radius 3 is 2.48 bits per heavy atom. The van der Waals surface area contributed by atoms with Crippen molar-refractivity contribution >= 4 is 17.9 Å². The molecule has 0 spiro atoms. The molecular formula is C14H15FN2O4. The molecule has 1 unspecified atom stereocenters. The third kappa shape index (κ3) is 2.46. The topological polar surface area (TPSA) is 75.7 Å². The van der Waals surface area contributed by atoms with Crippen LogP contribution in [-0.4, -0.2) is 36.5 Å². The van der Waals surface area contributed by atoms with E-state index in [0.29, 0.717) is 5.56 Å². The number of urea groups is 1. The summed E-state index contributed by atoms with van der Waals surface area (Å²) in [5.74, 6) is -1.68. The van der Waals surface area contributed by atoms with E-state index in [-0.39, 0.29) is 6.42 Å². The van der Waals surface area contributed by atoms with Gasteiger partial charge in [-0.25, -0.2) is 9.18 Å². The molecule has 0 bridgehead atoms. The Morgan fingerprint density at radius 1 is 1.33 bits per heavy atom. The molecule has 1 fully saturated rings. The maximum Gasteiger partial charge on any atom is 0.325 e. The molecule has 1 aromatic rings. The van der Waals surface area contributed by atoms with Gasteiger partial charge in [0, 0.05) is 0 Å². The van der Waals surface area contributed by atoms with Crippen molar-refractivity contribution in [2.45, 2.75) is 18.9 Å². The Morgan fingerprint density at radius 2 is 1.95 bits per heavy atom. The van der Waals surface area contributed by atoms with E-state index in [1.807, 2.05) is 0 Å². The number of halogens is 1. The van der Waals surface area contributed by atoms with Gasteiger partial charge in [0.15, 0.2) is 0 Å². The Kier molecular flexibility index (Phi) is 3.93. The van der Waals surface area contributed by atoms with E-state index in [1.165, 1.54) is 31.4 Å². The molecule has 0 saturated carbocycles. The smallest absolute Gasteiger partial charge is 0.325 e. The first-order chi connectivity index (χ1) is 9.94. The minimum absolute atomic E-state index is 0.279. The zero-order chi connectivity index (χ0) is 15.6. The van der Waals surface area contributed by atoms with E-state index in [0.717, 1.165) is 4.90 Å². The van der Waals surface area contributed by atoms with Gasteiger partial charge in [-0.05, 0) is 24.1 Å². The van der Waals surface area contributed by atoms with E-state index in [9.17, 15) is 18.8 Å². The van der Waals surface area contributed by atoms with Gasteiger partial charge >= 0.3 is 12.0 Å². The van der Waals surface area contributed by atoms with Gasteiger partial charge in [-0.2, -0.15) is 0 Å². The number of hydrogen-bond donors (Lipinski definition) is 1. The Labute approximate surface area is 120 Å². The molecule has 3 amide bonds. The molecular weight excluding hydrogens is 279 g/mol. The molecule has 7 heteroatoms. The summed E-state index contributed by atoms with van der Waals surface area (Å²) in [5.41, 5.74) is -0.809. The van der Waals surface area contributed by atoms with Crippen LogP contribution in [0.3, 0.4) is 0 Å². The Hall–Kier alpha value is -2.44. The summed E-state index contributed by atoms with van der Waals surface area (Å²) in [6.45, 7) is 1.27. The number of carbonyl (C=O) groups excluding carboxylic acids is 3. The number of hydrogen-bond acceptors (Lipinski definition) is 4. The van der Waals surface area contributed by atoms with Crippen LogP contribution in [0.4, 0.5) is 9.18 Å². The molecule has 112 valence electrons. The number of nitrogens with one attached hydrogen (secondary N) is 1. The largest absolute Gasteiger partial charge is 0.468 e. The maximum atomic E-state index is 13.0. The van der Waals surface area contributed by atoms with Crippen LogP contribution in [0.1, 0.15) is 18.9 Å². The number of nitrogens with zero attached hydrogens (tertiary/aromatic N) is 1. The van der Waals surface area contributed by atoms with Crippen LogP contribution < -0.4 is 5.32 Å². The highest BCUT2D eigenvalue weighted by Gasteiger charge is 2.51. The van der Waals surface area contributed by atoms with Gasteiger partial charge in [0.05, 0.1) is 7.11 Å². The minimum Gasteiger partial charge on any atom is -0.468 e. The average Bonchev–Trinajstić information content (AvgIpc) is 2.73. The van der Waals surface area contributed by atoms with Crippen molar-refractivity contribution in [3.05, 3.63) is 35.6 Å². The first-order valence-corrected chi connectivity index (χ1v) is 6.41. The summed E-state index contributed by atoms with van der Waals surface area (Å²) in [6.07, 6.45) is 0.279. The number of ether oxygens (including phenoxy) is 1. The lowest BCUT2D eigenvalue weighted by molar-refractivity contribution is -0.145. The second-order valence-corrected chi connectivity index (χ2v) is 4.66. The van der Waals surface area contributed by atoms with Gasteiger partial charge in [0.1, 0.15) is 17.9 Å². The van der Waals surface area contributed by atoms with Gasteiger partial charge in [0.25, 0.3) is 5.91 Å². The van der Waals surface area contributed by atoms with Crippen molar-refractivity contribution in [1.29, 1.82) is 0 Å². The van der Waals surface area contributed by atoms with E-state index in [4.69, 9.17) is 0 Å². The monoisotopic (exact) mass is 294 g/mol. The number of esters is 1. The van der Waals surface area contributed by atoms with Gasteiger partial charge in [-0.3, -0.25) is 14.5 Å². The van der Waals surface area contributed by atoms with Gasteiger partial charge < -0.3 is 10.1 Å². The van der Waals surface area contributed by atoms with Crippen molar-refractivity contribution in [3.63, 3.8) is 0 Å². The molecule has 1 saturated heterocycles. The third-order valence-corrected chi connectivity index (χ3v) is 3.56. The van der Waals surface area contributed by atoms with Crippen LogP contribution in [0.15, 0.2) is 24.3 Å². The van der Waals surface area contributed by atoms with Crippen molar-refractivity contribution in [3.8, 4) is 0 Å². The summed E-state index contributed by atoms with van der Waals surface area (Å²) < 4.78 is 17.5. The normalized spacial score (nSPS) is 21.4. The fourth-order valence-electron chi connectivity index (χ4n) is 2.34. The molecule has 0 aliphatic carbocycles. The summed E-state index contributed by atoms with van der Waals surface area (Å²) in [5, 5.41) is 2.59. The highest BCUT2D eigenvalue weighted by atomic mass is 19.1. The first kappa shape index (κ1) is 15.0. The fourth-order valence-corrected chi connectivity index (χ4v) is 2.34. The van der Waals surface area contributed by atoms with Crippen LogP contribution >= 0.6 is 0 Å². The number of imide groups is 1. The zero-order valence-electron chi connectivity index (χ0n) is 11.7.